The van der Waals surface area contributed by atoms with E-state index in [1.807, 2.05) is 85.8 Å². The number of hydrogen-bond donors (Lipinski definition) is 0. The number of rotatable bonds is 8. The fourth-order valence-electron chi connectivity index (χ4n) is 3.77. The highest BCUT2D eigenvalue weighted by Gasteiger charge is 2.28. The van der Waals surface area contributed by atoms with E-state index in [1.165, 1.54) is 5.01 Å². The van der Waals surface area contributed by atoms with Crippen molar-refractivity contribution in [2.75, 3.05) is 12.1 Å². The zero-order valence-electron chi connectivity index (χ0n) is 19.1. The summed E-state index contributed by atoms with van der Waals surface area (Å²) in [4.78, 5) is 13.1. The minimum absolute atomic E-state index is 0.172. The van der Waals surface area contributed by atoms with Crippen LogP contribution in [-0.2, 0) is 17.8 Å². The van der Waals surface area contributed by atoms with Crippen LogP contribution in [-0.4, -0.2) is 18.7 Å². The van der Waals surface area contributed by atoms with Crippen molar-refractivity contribution in [3.05, 3.63) is 107 Å². The van der Waals surface area contributed by atoms with Crippen LogP contribution < -0.4 is 14.5 Å². The third kappa shape index (κ3) is 5.05. The van der Waals surface area contributed by atoms with Crippen LogP contribution in [0, 0.1) is 0 Å². The number of anilines is 1. The van der Waals surface area contributed by atoms with E-state index in [9.17, 15) is 4.79 Å². The van der Waals surface area contributed by atoms with Crippen molar-refractivity contribution in [3.8, 4) is 11.5 Å². The van der Waals surface area contributed by atoms with E-state index >= 15 is 0 Å². The summed E-state index contributed by atoms with van der Waals surface area (Å²) >= 11 is 6.10. The number of hydrogen-bond acceptors (Lipinski definition) is 4. The summed E-state index contributed by atoms with van der Waals surface area (Å²) in [7, 11) is 1.60. The molecule has 5 nitrogen and oxygen atoms in total. The molecule has 0 N–H and O–H groups in total. The average Bonchev–Trinajstić information content (AvgIpc) is 3.12. The zero-order chi connectivity index (χ0) is 24.1. The number of amides is 1. The van der Waals surface area contributed by atoms with Gasteiger partial charge in [0, 0.05) is 10.6 Å². The monoisotopic (exact) mass is 472 g/mol. The lowest BCUT2D eigenvalue weighted by Crippen LogP contribution is -2.21. The number of nitrogens with zero attached hydrogens (tertiary/aromatic N) is 2. The molecule has 0 unspecified atom stereocenters. The van der Waals surface area contributed by atoms with E-state index in [1.54, 1.807) is 7.11 Å². The molecule has 4 rings (SSSR count). The predicted octanol–water partition coefficient (Wildman–Crippen LogP) is 6.46. The number of carbonyl (C=O) groups excluding carboxylic acids is 1. The fourth-order valence-corrected chi connectivity index (χ4v) is 3.98. The first kappa shape index (κ1) is 23.3. The number of halogens is 1. The minimum Gasteiger partial charge on any atom is -0.493 e. The fraction of sp³-hybridized carbons (Fsp3) is 0.143. The van der Waals surface area contributed by atoms with Crippen LogP contribution in [0.1, 0.15) is 23.6 Å². The molecule has 34 heavy (non-hydrogen) atoms. The molecule has 0 saturated carbocycles. The maximum Gasteiger partial charge on any atom is 0.280 e. The molecule has 3 aromatic carbocycles. The summed E-state index contributed by atoms with van der Waals surface area (Å²) < 4.78 is 11.8. The second-order valence-electron chi connectivity index (χ2n) is 7.82. The van der Waals surface area contributed by atoms with E-state index in [-0.39, 0.29) is 5.91 Å². The smallest absolute Gasteiger partial charge is 0.280 e. The first-order valence-corrected chi connectivity index (χ1v) is 11.2. The maximum atomic E-state index is 13.1. The lowest BCUT2D eigenvalue weighted by molar-refractivity contribution is -0.114. The van der Waals surface area contributed by atoms with Gasteiger partial charge in [-0.1, -0.05) is 48.0 Å². The molecule has 0 atom stereocenters. The van der Waals surface area contributed by atoms with Crippen LogP contribution in [0.15, 0.2) is 90.1 Å². The Labute approximate surface area is 204 Å². The van der Waals surface area contributed by atoms with Crippen LogP contribution in [0.4, 0.5) is 5.69 Å². The van der Waals surface area contributed by atoms with E-state index in [2.05, 4.69) is 11.7 Å². The van der Waals surface area contributed by atoms with Crippen LogP contribution in [0.3, 0.4) is 0 Å². The number of ether oxygens (including phenoxy) is 2. The maximum absolute atomic E-state index is 13.1. The summed E-state index contributed by atoms with van der Waals surface area (Å²) in [6.07, 6.45) is 4.22. The second-order valence-corrected chi connectivity index (χ2v) is 8.26. The Bertz CT molecular complexity index is 1280. The molecule has 0 radical (unpaired) electrons. The topological polar surface area (TPSA) is 51.1 Å². The van der Waals surface area contributed by atoms with Crippen molar-refractivity contribution in [1.82, 2.24) is 0 Å². The van der Waals surface area contributed by atoms with Gasteiger partial charge in [0.05, 0.1) is 24.1 Å². The minimum atomic E-state index is -0.172. The first-order valence-electron chi connectivity index (χ1n) is 10.9. The van der Waals surface area contributed by atoms with Gasteiger partial charge in [0.25, 0.3) is 5.91 Å². The molecule has 0 aromatic heterocycles. The Balaban J connectivity index is 1.66. The molecule has 1 aliphatic rings. The van der Waals surface area contributed by atoms with Gasteiger partial charge in [-0.25, -0.2) is 0 Å². The number of methoxy groups -OCH3 is 1. The Kier molecular flexibility index (Phi) is 7.14. The Morgan fingerprint density at radius 2 is 1.88 bits per heavy atom. The SMILES string of the molecule is C=CCc1cc(/C=C2/C(=O)N(c3ccccc3)N=C2C)cc(OC)c1OCc1cccc(Cl)c1. The summed E-state index contributed by atoms with van der Waals surface area (Å²) in [6.45, 7) is 6.05. The highest BCUT2D eigenvalue weighted by Crippen LogP contribution is 2.36. The largest absolute Gasteiger partial charge is 0.493 e. The van der Waals surface area contributed by atoms with E-state index in [0.29, 0.717) is 40.8 Å². The van der Waals surface area contributed by atoms with Crippen molar-refractivity contribution in [2.24, 2.45) is 5.10 Å². The van der Waals surface area contributed by atoms with E-state index < -0.39 is 0 Å². The van der Waals surface area contributed by atoms with Crippen molar-refractivity contribution in [3.63, 3.8) is 0 Å². The number of benzene rings is 3. The third-order valence-corrected chi connectivity index (χ3v) is 5.62. The molecule has 0 aliphatic carbocycles. The Morgan fingerprint density at radius 3 is 2.59 bits per heavy atom. The molecule has 0 bridgehead atoms. The Hall–Kier alpha value is -3.83. The number of para-hydroxylation sites is 1. The van der Waals surface area contributed by atoms with Gasteiger partial charge in [0.1, 0.15) is 6.61 Å². The molecule has 3 aromatic rings. The molecule has 0 saturated heterocycles. The standard InChI is InChI=1S/C28H25ClN2O3/c1-4-9-22-14-21(16-25-19(2)30-31(28(25)32)24-12-6-5-7-13-24)17-26(33-3)27(22)34-18-20-10-8-11-23(29)15-20/h4-8,10-17H,1,9,18H2,2-3H3/b25-16+. The molecule has 1 aliphatic heterocycles. The van der Waals surface area contributed by atoms with Gasteiger partial charge in [-0.15, -0.1) is 6.58 Å². The van der Waals surface area contributed by atoms with Gasteiger partial charge < -0.3 is 9.47 Å². The van der Waals surface area contributed by atoms with Crippen LogP contribution in [0.25, 0.3) is 6.08 Å². The molecule has 6 heteroatoms. The molecule has 1 amide bonds. The summed E-state index contributed by atoms with van der Waals surface area (Å²) in [6, 6.07) is 20.8. The highest BCUT2D eigenvalue weighted by molar-refractivity contribution is 6.32. The van der Waals surface area contributed by atoms with Crippen LogP contribution in [0.5, 0.6) is 11.5 Å². The summed E-state index contributed by atoms with van der Waals surface area (Å²) in [5, 5.41) is 6.53. The molecular formula is C28H25ClN2O3. The van der Waals surface area contributed by atoms with Crippen LogP contribution >= 0.6 is 11.6 Å². The predicted molar refractivity (Wildman–Crippen MR) is 138 cm³/mol. The molecule has 1 heterocycles. The van der Waals surface area contributed by atoms with Gasteiger partial charge in [-0.3, -0.25) is 4.79 Å². The van der Waals surface area contributed by atoms with Crippen molar-refractivity contribution in [1.29, 1.82) is 0 Å². The lowest BCUT2D eigenvalue weighted by atomic mass is 10.0. The van der Waals surface area contributed by atoms with Gasteiger partial charge in [0.2, 0.25) is 0 Å². The normalized spacial score (nSPS) is 14.3. The zero-order valence-corrected chi connectivity index (χ0v) is 19.9. The number of carbonyl (C=O) groups is 1. The van der Waals surface area contributed by atoms with Crippen molar-refractivity contribution < 1.29 is 14.3 Å². The third-order valence-electron chi connectivity index (χ3n) is 5.38. The number of hydrazone groups is 1. The van der Waals surface area contributed by atoms with E-state index in [0.717, 1.165) is 22.4 Å². The Morgan fingerprint density at radius 1 is 1.09 bits per heavy atom. The van der Waals surface area contributed by atoms with Crippen LogP contribution in [0.2, 0.25) is 5.02 Å². The van der Waals surface area contributed by atoms with Crippen molar-refractivity contribution >= 4 is 35.0 Å². The highest BCUT2D eigenvalue weighted by atomic mass is 35.5. The average molecular weight is 473 g/mol. The molecule has 172 valence electrons. The lowest BCUT2D eigenvalue weighted by Gasteiger charge is -2.16. The second kappa shape index (κ2) is 10.4. The summed E-state index contributed by atoms with van der Waals surface area (Å²) in [5.41, 5.74) is 4.59. The van der Waals surface area contributed by atoms with Crippen molar-refractivity contribution in [2.45, 2.75) is 20.0 Å². The van der Waals surface area contributed by atoms with Gasteiger partial charge in [-0.2, -0.15) is 10.1 Å². The molecular weight excluding hydrogens is 448 g/mol. The molecule has 0 spiro atoms. The van der Waals surface area contributed by atoms with E-state index in [4.69, 9.17) is 21.1 Å². The first-order chi connectivity index (χ1) is 16.5. The van der Waals surface area contributed by atoms with Gasteiger partial charge in [-0.05, 0) is 66.9 Å². The quantitative estimate of drug-likeness (QED) is 0.279. The molecule has 0 fully saturated rings. The van der Waals surface area contributed by atoms with Gasteiger partial charge in [0.15, 0.2) is 11.5 Å². The van der Waals surface area contributed by atoms with Gasteiger partial charge >= 0.3 is 0 Å². The number of allylic oxidation sites excluding steroid dienone is 1. The summed E-state index contributed by atoms with van der Waals surface area (Å²) in [5.74, 6) is 1.04.